The molecule has 2 N–H and O–H groups in total. The molecule has 1 aromatic heterocycles. The van der Waals surface area contributed by atoms with Crippen LogP contribution in [-0.4, -0.2) is 65.4 Å². The van der Waals surface area contributed by atoms with Crippen molar-refractivity contribution in [2.45, 2.75) is 51.2 Å². The summed E-state index contributed by atoms with van der Waals surface area (Å²) in [5.41, 5.74) is 0.569. The molecule has 9 nitrogen and oxygen atoms in total. The van der Waals surface area contributed by atoms with Gasteiger partial charge in [-0.2, -0.15) is 4.98 Å². The number of cyclic esters (lactones) is 1. The number of hydrogen-bond donors (Lipinski definition) is 2. The number of ether oxygens (including phenoxy) is 2. The van der Waals surface area contributed by atoms with Crippen LogP contribution in [0.2, 0.25) is 5.02 Å². The first kappa shape index (κ1) is 27.0. The van der Waals surface area contributed by atoms with Crippen LogP contribution in [0, 0.1) is 11.7 Å². The van der Waals surface area contributed by atoms with E-state index in [0.29, 0.717) is 31.6 Å². The van der Waals surface area contributed by atoms with Crippen LogP contribution in [0.15, 0.2) is 24.4 Å². The normalized spacial score (nSPS) is 20.5. The van der Waals surface area contributed by atoms with E-state index in [-0.39, 0.29) is 35.4 Å². The Morgan fingerprint density at radius 3 is 2.62 bits per heavy atom. The third kappa shape index (κ3) is 6.27. The third-order valence-electron chi connectivity index (χ3n) is 6.53. The average molecular weight is 548 g/mol. The molecular formula is C23H26ClF4N5O4. The first-order valence-electron chi connectivity index (χ1n) is 11.7. The number of amides is 1. The standard InChI is InChI=1S/C23H26ClF4N5O4/c1-12(30-21-29-10-17(25)20(31-21)33-18(13(2)34)11-36-22(33)35)14-5-7-32(8-6-14)15-3-4-16(24)19(9-15)37-23(26,27)28/h3-4,9-10,12-14,18,34H,5-8,11H2,1-2H3,(H,29,30,31)/t12-,13+,18?/m0/s1. The number of nitrogens with zero attached hydrogens (tertiary/aromatic N) is 4. The number of rotatable bonds is 7. The Bertz CT molecular complexity index is 1130. The van der Waals surface area contributed by atoms with Crippen molar-refractivity contribution in [1.82, 2.24) is 9.97 Å². The Balaban J connectivity index is 1.39. The smallest absolute Gasteiger partial charge is 0.447 e. The number of carbonyl (C=O) groups is 1. The molecule has 0 radical (unpaired) electrons. The van der Waals surface area contributed by atoms with Crippen LogP contribution in [0.1, 0.15) is 26.7 Å². The van der Waals surface area contributed by atoms with Crippen molar-refractivity contribution >= 4 is 35.1 Å². The summed E-state index contributed by atoms with van der Waals surface area (Å²) >= 11 is 5.85. The third-order valence-corrected chi connectivity index (χ3v) is 6.84. The molecule has 2 saturated heterocycles. The van der Waals surface area contributed by atoms with E-state index >= 15 is 0 Å². The molecule has 2 aliphatic heterocycles. The molecule has 1 aromatic carbocycles. The fraction of sp³-hybridized carbons (Fsp3) is 0.522. The van der Waals surface area contributed by atoms with E-state index < -0.39 is 36.2 Å². The van der Waals surface area contributed by atoms with Gasteiger partial charge in [0.15, 0.2) is 11.6 Å². The highest BCUT2D eigenvalue weighted by Crippen LogP contribution is 2.35. The van der Waals surface area contributed by atoms with Crippen LogP contribution in [0.25, 0.3) is 0 Å². The van der Waals surface area contributed by atoms with E-state index in [9.17, 15) is 27.5 Å². The predicted octanol–water partition coefficient (Wildman–Crippen LogP) is 4.59. The molecule has 2 aromatic rings. The van der Waals surface area contributed by atoms with E-state index in [1.807, 2.05) is 11.8 Å². The first-order chi connectivity index (χ1) is 17.4. The maximum atomic E-state index is 14.5. The zero-order chi connectivity index (χ0) is 26.9. The van der Waals surface area contributed by atoms with Crippen LogP contribution in [0.4, 0.5) is 39.8 Å². The summed E-state index contributed by atoms with van der Waals surface area (Å²) < 4.78 is 61.4. The highest BCUT2D eigenvalue weighted by molar-refractivity contribution is 6.32. The molecule has 2 fully saturated rings. The lowest BCUT2D eigenvalue weighted by Gasteiger charge is -2.36. The lowest BCUT2D eigenvalue weighted by molar-refractivity contribution is -0.274. The number of hydrogen-bond acceptors (Lipinski definition) is 8. The largest absolute Gasteiger partial charge is 0.573 e. The number of aliphatic hydroxyl groups excluding tert-OH is 1. The predicted molar refractivity (Wildman–Crippen MR) is 127 cm³/mol. The quantitative estimate of drug-likeness (QED) is 0.486. The first-order valence-corrected chi connectivity index (χ1v) is 12.0. The van der Waals surface area contributed by atoms with Gasteiger partial charge in [-0.3, -0.25) is 0 Å². The number of carbonyl (C=O) groups excluding carboxylic acids is 1. The SMILES string of the molecule is C[C@H](Nc1ncc(F)c(N2C(=O)OCC2[C@@H](C)O)n1)C1CCN(c2ccc(Cl)c(OC(F)(F)F)c2)CC1. The number of anilines is 3. The van der Waals surface area contributed by atoms with Gasteiger partial charge in [0.05, 0.1) is 17.3 Å². The number of nitrogens with one attached hydrogen (secondary N) is 1. The highest BCUT2D eigenvalue weighted by Gasteiger charge is 2.40. The summed E-state index contributed by atoms with van der Waals surface area (Å²) in [4.78, 5) is 23.2. The lowest BCUT2D eigenvalue weighted by Crippen LogP contribution is -2.42. The Morgan fingerprint density at radius 2 is 1.97 bits per heavy atom. The molecule has 1 unspecified atom stereocenters. The van der Waals surface area contributed by atoms with Crippen molar-refractivity contribution in [3.63, 3.8) is 0 Å². The van der Waals surface area contributed by atoms with Crippen molar-refractivity contribution in [2.24, 2.45) is 5.92 Å². The molecule has 0 spiro atoms. The van der Waals surface area contributed by atoms with Gasteiger partial charge in [-0.1, -0.05) is 11.6 Å². The molecule has 2 aliphatic rings. The van der Waals surface area contributed by atoms with E-state index in [0.717, 1.165) is 11.1 Å². The van der Waals surface area contributed by atoms with Crippen LogP contribution in [0.3, 0.4) is 0 Å². The molecular weight excluding hydrogens is 522 g/mol. The Kier molecular flexibility index (Phi) is 7.83. The van der Waals surface area contributed by atoms with Crippen molar-refractivity contribution in [2.75, 3.05) is 34.8 Å². The van der Waals surface area contributed by atoms with Crippen LogP contribution in [-0.2, 0) is 4.74 Å². The minimum atomic E-state index is -4.84. The molecule has 0 bridgehead atoms. The van der Waals surface area contributed by atoms with Gasteiger partial charge in [0.25, 0.3) is 0 Å². The number of piperidine rings is 1. The van der Waals surface area contributed by atoms with Crippen LogP contribution >= 0.6 is 11.6 Å². The van der Waals surface area contributed by atoms with E-state index in [2.05, 4.69) is 20.0 Å². The minimum Gasteiger partial charge on any atom is -0.447 e. The van der Waals surface area contributed by atoms with Gasteiger partial charge >= 0.3 is 12.5 Å². The van der Waals surface area contributed by atoms with Crippen LogP contribution in [0.5, 0.6) is 5.75 Å². The van der Waals surface area contributed by atoms with Crippen molar-refractivity contribution in [1.29, 1.82) is 0 Å². The summed E-state index contributed by atoms with van der Waals surface area (Å²) in [7, 11) is 0. The van der Waals surface area contributed by atoms with Gasteiger partial charge in [-0.15, -0.1) is 13.2 Å². The topological polar surface area (TPSA) is 100 Å². The molecule has 1 amide bonds. The number of aromatic nitrogens is 2. The minimum absolute atomic E-state index is 0.0882. The second-order valence-electron chi connectivity index (χ2n) is 9.04. The maximum Gasteiger partial charge on any atom is 0.573 e. The number of benzene rings is 1. The summed E-state index contributed by atoms with van der Waals surface area (Å²) in [5.74, 6) is -1.29. The average Bonchev–Trinajstić information content (AvgIpc) is 3.22. The Morgan fingerprint density at radius 1 is 1.27 bits per heavy atom. The molecule has 202 valence electrons. The molecule has 4 rings (SSSR count). The summed E-state index contributed by atoms with van der Waals surface area (Å²) in [5, 5.41) is 13.0. The summed E-state index contributed by atoms with van der Waals surface area (Å²) in [6.07, 6.45) is -4.23. The maximum absolute atomic E-state index is 14.5. The van der Waals surface area contributed by atoms with Crippen molar-refractivity contribution in [3.8, 4) is 5.75 Å². The van der Waals surface area contributed by atoms with E-state index in [1.54, 1.807) is 6.07 Å². The lowest BCUT2D eigenvalue weighted by atomic mass is 9.90. The van der Waals surface area contributed by atoms with Gasteiger partial charge in [-0.25, -0.2) is 19.1 Å². The van der Waals surface area contributed by atoms with Gasteiger partial charge < -0.3 is 24.8 Å². The molecule has 0 saturated carbocycles. The van der Waals surface area contributed by atoms with Crippen LogP contribution < -0.4 is 19.9 Å². The molecule has 3 heterocycles. The van der Waals surface area contributed by atoms with Gasteiger partial charge in [0.2, 0.25) is 5.95 Å². The molecule has 14 heteroatoms. The second-order valence-corrected chi connectivity index (χ2v) is 9.45. The fourth-order valence-electron chi connectivity index (χ4n) is 4.50. The summed E-state index contributed by atoms with van der Waals surface area (Å²) in [6.45, 7) is 4.46. The van der Waals surface area contributed by atoms with Crippen molar-refractivity contribution < 1.29 is 36.9 Å². The Hall–Kier alpha value is -3.06. The summed E-state index contributed by atoms with van der Waals surface area (Å²) in [6, 6.07) is 3.38. The van der Waals surface area contributed by atoms with Crippen molar-refractivity contribution in [3.05, 3.63) is 35.2 Å². The van der Waals surface area contributed by atoms with E-state index in [1.165, 1.54) is 19.1 Å². The van der Waals surface area contributed by atoms with E-state index in [4.69, 9.17) is 16.3 Å². The molecule has 37 heavy (non-hydrogen) atoms. The van der Waals surface area contributed by atoms with Gasteiger partial charge in [0.1, 0.15) is 18.4 Å². The zero-order valence-electron chi connectivity index (χ0n) is 20.0. The fourth-order valence-corrected chi connectivity index (χ4v) is 4.66. The van der Waals surface area contributed by atoms with Gasteiger partial charge in [-0.05, 0) is 44.7 Å². The Labute approximate surface area is 215 Å². The highest BCUT2D eigenvalue weighted by atomic mass is 35.5. The molecule has 3 atom stereocenters. The van der Waals surface area contributed by atoms with Gasteiger partial charge in [0, 0.05) is 30.9 Å². The molecule has 0 aliphatic carbocycles. The zero-order valence-corrected chi connectivity index (χ0v) is 20.8. The second kappa shape index (κ2) is 10.7. The monoisotopic (exact) mass is 547 g/mol. The number of alkyl halides is 3. The number of aliphatic hydroxyl groups is 1. The number of halogens is 5.